The van der Waals surface area contributed by atoms with Crippen molar-refractivity contribution in [3.63, 3.8) is 0 Å². The van der Waals surface area contributed by atoms with Gasteiger partial charge in [0.05, 0.1) is 5.56 Å². The summed E-state index contributed by atoms with van der Waals surface area (Å²) >= 11 is 5.69. The Morgan fingerprint density at radius 1 is 1.21 bits per heavy atom. The molecule has 0 aliphatic heterocycles. The first-order valence-electron chi connectivity index (χ1n) is 5.28. The average molecular weight is 277 g/mol. The maximum atomic E-state index is 11.1. The number of hydrogen-bond acceptors (Lipinski definition) is 3. The SMILES string of the molecule is NC(=O)c1cccc(-c2cnc(Cl)c(C(=O)O)c2)c1. The van der Waals surface area contributed by atoms with Crippen LogP contribution in [0.3, 0.4) is 0 Å². The number of nitrogens with zero attached hydrogens (tertiary/aromatic N) is 1. The van der Waals surface area contributed by atoms with Gasteiger partial charge in [-0.25, -0.2) is 9.78 Å². The first-order valence-corrected chi connectivity index (χ1v) is 5.66. The number of aromatic carboxylic acids is 1. The van der Waals surface area contributed by atoms with Gasteiger partial charge in [0.15, 0.2) is 0 Å². The van der Waals surface area contributed by atoms with Gasteiger partial charge in [-0.2, -0.15) is 0 Å². The smallest absolute Gasteiger partial charge is 0.338 e. The van der Waals surface area contributed by atoms with Gasteiger partial charge in [0, 0.05) is 17.3 Å². The fraction of sp³-hybridized carbons (Fsp3) is 0. The Balaban J connectivity index is 2.53. The molecule has 0 fully saturated rings. The van der Waals surface area contributed by atoms with Crippen LogP contribution in [0.15, 0.2) is 36.5 Å². The fourth-order valence-electron chi connectivity index (χ4n) is 1.61. The van der Waals surface area contributed by atoms with E-state index in [1.165, 1.54) is 12.3 Å². The van der Waals surface area contributed by atoms with Crippen molar-refractivity contribution in [1.29, 1.82) is 0 Å². The van der Waals surface area contributed by atoms with Crippen LogP contribution in [0.5, 0.6) is 0 Å². The molecule has 96 valence electrons. The molecule has 0 unspecified atom stereocenters. The molecule has 1 aromatic carbocycles. The normalized spacial score (nSPS) is 10.2. The molecule has 3 N–H and O–H groups in total. The number of benzene rings is 1. The van der Waals surface area contributed by atoms with Gasteiger partial charge in [0.25, 0.3) is 0 Å². The van der Waals surface area contributed by atoms with Gasteiger partial charge in [0.2, 0.25) is 5.91 Å². The van der Waals surface area contributed by atoms with Gasteiger partial charge in [-0.1, -0.05) is 23.7 Å². The molecule has 1 heterocycles. The second-order valence-corrected chi connectivity index (χ2v) is 4.17. The van der Waals surface area contributed by atoms with Crippen LogP contribution in [-0.4, -0.2) is 22.0 Å². The highest BCUT2D eigenvalue weighted by Crippen LogP contribution is 2.24. The van der Waals surface area contributed by atoms with Gasteiger partial charge in [-0.05, 0) is 23.8 Å². The predicted molar refractivity (Wildman–Crippen MR) is 70.2 cm³/mol. The van der Waals surface area contributed by atoms with Gasteiger partial charge in [-0.3, -0.25) is 4.79 Å². The molecule has 0 aliphatic rings. The van der Waals surface area contributed by atoms with Crippen molar-refractivity contribution in [2.75, 3.05) is 0 Å². The minimum atomic E-state index is -1.16. The molecule has 19 heavy (non-hydrogen) atoms. The second-order valence-electron chi connectivity index (χ2n) is 3.81. The van der Waals surface area contributed by atoms with Crippen molar-refractivity contribution in [3.05, 3.63) is 52.8 Å². The Bertz CT molecular complexity index is 671. The van der Waals surface area contributed by atoms with Crippen LogP contribution in [0.4, 0.5) is 0 Å². The lowest BCUT2D eigenvalue weighted by Crippen LogP contribution is -2.10. The molecule has 2 aromatic rings. The molecule has 0 aliphatic carbocycles. The van der Waals surface area contributed by atoms with E-state index in [4.69, 9.17) is 22.4 Å². The zero-order chi connectivity index (χ0) is 14.0. The summed E-state index contributed by atoms with van der Waals surface area (Å²) in [7, 11) is 0. The molecule has 6 heteroatoms. The number of pyridine rings is 1. The summed E-state index contributed by atoms with van der Waals surface area (Å²) in [4.78, 5) is 25.9. The zero-order valence-corrected chi connectivity index (χ0v) is 10.4. The van der Waals surface area contributed by atoms with E-state index < -0.39 is 11.9 Å². The Kier molecular flexibility index (Phi) is 3.48. The van der Waals surface area contributed by atoms with Crippen molar-refractivity contribution in [1.82, 2.24) is 4.98 Å². The van der Waals surface area contributed by atoms with E-state index in [2.05, 4.69) is 4.98 Å². The zero-order valence-electron chi connectivity index (χ0n) is 9.63. The lowest BCUT2D eigenvalue weighted by molar-refractivity contribution is 0.0696. The van der Waals surface area contributed by atoms with E-state index in [9.17, 15) is 9.59 Å². The lowest BCUT2D eigenvalue weighted by Gasteiger charge is -2.05. The van der Waals surface area contributed by atoms with Gasteiger partial charge >= 0.3 is 5.97 Å². The number of carbonyl (C=O) groups is 2. The Morgan fingerprint density at radius 2 is 1.95 bits per heavy atom. The summed E-state index contributed by atoms with van der Waals surface area (Å²) in [6, 6.07) is 7.93. The number of nitrogens with two attached hydrogens (primary N) is 1. The Labute approximate surface area is 113 Å². The van der Waals surface area contributed by atoms with Crippen molar-refractivity contribution in [2.45, 2.75) is 0 Å². The summed E-state index contributed by atoms with van der Waals surface area (Å²) in [5, 5.41) is 8.90. The summed E-state index contributed by atoms with van der Waals surface area (Å²) in [6.45, 7) is 0. The highest BCUT2D eigenvalue weighted by Gasteiger charge is 2.12. The highest BCUT2D eigenvalue weighted by molar-refractivity contribution is 6.32. The predicted octanol–water partition coefficient (Wildman–Crippen LogP) is 2.20. The number of rotatable bonds is 3. The molecule has 5 nitrogen and oxygen atoms in total. The molecule has 1 aromatic heterocycles. The lowest BCUT2D eigenvalue weighted by atomic mass is 10.0. The van der Waals surface area contributed by atoms with E-state index in [1.54, 1.807) is 24.3 Å². The topological polar surface area (TPSA) is 93.3 Å². The third-order valence-electron chi connectivity index (χ3n) is 2.55. The molecule has 0 bridgehead atoms. The van der Waals surface area contributed by atoms with E-state index in [-0.39, 0.29) is 10.7 Å². The maximum absolute atomic E-state index is 11.1. The number of amides is 1. The Morgan fingerprint density at radius 3 is 2.58 bits per heavy atom. The second kappa shape index (κ2) is 5.07. The molecule has 0 spiro atoms. The number of primary amides is 1. The number of carboxylic acid groups (broad SMARTS) is 1. The van der Waals surface area contributed by atoms with Crippen LogP contribution in [0.2, 0.25) is 5.15 Å². The largest absolute Gasteiger partial charge is 0.478 e. The minimum absolute atomic E-state index is 0.0812. The maximum Gasteiger partial charge on any atom is 0.338 e. The summed E-state index contributed by atoms with van der Waals surface area (Å²) in [6.07, 6.45) is 1.44. The van der Waals surface area contributed by atoms with Crippen molar-refractivity contribution < 1.29 is 14.7 Å². The summed E-state index contributed by atoms with van der Waals surface area (Å²) in [5.74, 6) is -1.72. The third kappa shape index (κ3) is 2.71. The standard InChI is InChI=1S/C13H9ClN2O3/c14-11-10(13(18)19)5-9(6-16-11)7-2-1-3-8(4-7)12(15)17/h1-6H,(H2,15,17)(H,18,19). The van der Waals surface area contributed by atoms with E-state index >= 15 is 0 Å². The molecule has 0 saturated heterocycles. The van der Waals surface area contributed by atoms with Crippen LogP contribution in [0.25, 0.3) is 11.1 Å². The first kappa shape index (κ1) is 13.0. The number of aromatic nitrogens is 1. The third-order valence-corrected chi connectivity index (χ3v) is 2.85. The molecular formula is C13H9ClN2O3. The highest BCUT2D eigenvalue weighted by atomic mass is 35.5. The van der Waals surface area contributed by atoms with E-state index in [0.717, 1.165) is 0 Å². The minimum Gasteiger partial charge on any atom is -0.478 e. The number of carboxylic acids is 1. The van der Waals surface area contributed by atoms with Crippen molar-refractivity contribution in [3.8, 4) is 11.1 Å². The van der Waals surface area contributed by atoms with E-state index in [1.807, 2.05) is 0 Å². The quantitative estimate of drug-likeness (QED) is 0.840. The van der Waals surface area contributed by atoms with Crippen LogP contribution < -0.4 is 5.73 Å². The van der Waals surface area contributed by atoms with Gasteiger partial charge in [-0.15, -0.1) is 0 Å². The molecule has 0 radical (unpaired) electrons. The van der Waals surface area contributed by atoms with Crippen LogP contribution >= 0.6 is 11.6 Å². The number of carbonyl (C=O) groups excluding carboxylic acids is 1. The number of halogens is 1. The molecule has 1 amide bonds. The molecule has 0 saturated carbocycles. The average Bonchev–Trinajstić information content (AvgIpc) is 2.39. The molecule has 2 rings (SSSR count). The van der Waals surface area contributed by atoms with Gasteiger partial charge in [0.1, 0.15) is 5.15 Å². The van der Waals surface area contributed by atoms with E-state index in [0.29, 0.717) is 16.7 Å². The summed E-state index contributed by atoms with van der Waals surface area (Å²) in [5.41, 5.74) is 6.62. The van der Waals surface area contributed by atoms with Crippen molar-refractivity contribution >= 4 is 23.5 Å². The number of hydrogen-bond donors (Lipinski definition) is 2. The fourth-order valence-corrected chi connectivity index (χ4v) is 1.79. The molecule has 0 atom stereocenters. The van der Waals surface area contributed by atoms with Crippen LogP contribution in [0, 0.1) is 0 Å². The van der Waals surface area contributed by atoms with Crippen LogP contribution in [0.1, 0.15) is 20.7 Å². The monoisotopic (exact) mass is 276 g/mol. The van der Waals surface area contributed by atoms with Crippen molar-refractivity contribution in [2.24, 2.45) is 5.73 Å². The first-order chi connectivity index (χ1) is 8.99. The summed E-state index contributed by atoms with van der Waals surface area (Å²) < 4.78 is 0. The van der Waals surface area contributed by atoms with Crippen LogP contribution in [-0.2, 0) is 0 Å². The van der Waals surface area contributed by atoms with Gasteiger partial charge < -0.3 is 10.8 Å². The Hall–Kier alpha value is -2.40. The molecular weight excluding hydrogens is 268 g/mol.